The van der Waals surface area contributed by atoms with Gasteiger partial charge in [0.05, 0.1) is 11.3 Å². The zero-order valence-electron chi connectivity index (χ0n) is 16.8. The maximum Gasteiger partial charge on any atom is 0.338 e. The number of anilines is 1. The molecule has 28 heavy (non-hydrogen) atoms. The number of carbonyl (C=O) groups is 2. The van der Waals surface area contributed by atoms with Crippen molar-refractivity contribution >= 4 is 17.6 Å². The molecule has 1 amide bonds. The topological polar surface area (TPSA) is 81.9 Å². The summed E-state index contributed by atoms with van der Waals surface area (Å²) in [5, 5.41) is 0. The highest BCUT2D eigenvalue weighted by Gasteiger charge is 2.23. The normalized spacial score (nSPS) is 18.5. The van der Waals surface area contributed by atoms with Crippen molar-refractivity contribution < 1.29 is 19.1 Å². The number of nitrogen functional groups attached to an aromatic ring is 1. The summed E-state index contributed by atoms with van der Waals surface area (Å²) in [6.45, 7) is -0.0850. The van der Waals surface area contributed by atoms with Gasteiger partial charge in [0.25, 0.3) is 5.91 Å². The summed E-state index contributed by atoms with van der Waals surface area (Å²) in [4.78, 5) is 26.7. The molecule has 2 aliphatic rings. The standard InChI is InChI=1S/C22H32N2O4/c1-24(17-8-4-2-5-9-17)21(25)15-27-20-14-16(12-13-19(20)23)22(26)28-18-10-6-3-7-11-18/h12-14,17-18H,2-11,15,23H2,1H3. The van der Waals surface area contributed by atoms with Crippen molar-refractivity contribution in [3.8, 4) is 5.75 Å². The zero-order valence-corrected chi connectivity index (χ0v) is 16.8. The molecule has 0 aliphatic heterocycles. The first-order chi connectivity index (χ1) is 13.5. The van der Waals surface area contributed by atoms with Crippen LogP contribution in [0.2, 0.25) is 0 Å². The molecular weight excluding hydrogens is 356 g/mol. The van der Waals surface area contributed by atoms with Crippen molar-refractivity contribution in [3.05, 3.63) is 23.8 Å². The number of nitrogens with zero attached hydrogens (tertiary/aromatic N) is 1. The highest BCUT2D eigenvalue weighted by Crippen LogP contribution is 2.26. The fourth-order valence-corrected chi connectivity index (χ4v) is 4.10. The van der Waals surface area contributed by atoms with Gasteiger partial charge in [-0.05, 0) is 56.7 Å². The second-order valence-electron chi connectivity index (χ2n) is 8.00. The molecule has 3 rings (SSSR count). The maximum atomic E-state index is 12.5. The van der Waals surface area contributed by atoms with Gasteiger partial charge in [0.2, 0.25) is 0 Å². The molecule has 154 valence electrons. The smallest absolute Gasteiger partial charge is 0.338 e. The number of likely N-dealkylation sites (N-methyl/N-ethyl adjacent to an activating group) is 1. The Morgan fingerprint density at radius 3 is 2.36 bits per heavy atom. The fraction of sp³-hybridized carbons (Fsp3) is 0.636. The Kier molecular flexibility index (Phi) is 7.18. The summed E-state index contributed by atoms with van der Waals surface area (Å²) >= 11 is 0. The molecule has 0 heterocycles. The van der Waals surface area contributed by atoms with Crippen LogP contribution in [0.5, 0.6) is 5.75 Å². The molecule has 0 aromatic heterocycles. The summed E-state index contributed by atoms with van der Waals surface area (Å²) in [7, 11) is 1.84. The molecule has 6 nitrogen and oxygen atoms in total. The molecule has 1 aromatic rings. The maximum absolute atomic E-state index is 12.5. The molecule has 2 fully saturated rings. The van der Waals surface area contributed by atoms with Gasteiger partial charge < -0.3 is 20.1 Å². The lowest BCUT2D eigenvalue weighted by molar-refractivity contribution is -0.134. The molecular formula is C22H32N2O4. The molecule has 0 spiro atoms. The van der Waals surface area contributed by atoms with Crippen LogP contribution >= 0.6 is 0 Å². The van der Waals surface area contributed by atoms with E-state index >= 15 is 0 Å². The van der Waals surface area contributed by atoms with Crippen LogP contribution in [0.15, 0.2) is 18.2 Å². The molecule has 0 radical (unpaired) electrons. The first-order valence-corrected chi connectivity index (χ1v) is 10.5. The van der Waals surface area contributed by atoms with Crippen LogP contribution < -0.4 is 10.5 Å². The second kappa shape index (κ2) is 9.80. The van der Waals surface area contributed by atoms with Crippen LogP contribution in [0.3, 0.4) is 0 Å². The quantitative estimate of drug-likeness (QED) is 0.590. The SMILES string of the molecule is CN(C(=O)COc1cc(C(=O)OC2CCCCC2)ccc1N)C1CCCCC1. The van der Waals surface area contributed by atoms with Gasteiger partial charge >= 0.3 is 5.97 Å². The Morgan fingerprint density at radius 2 is 1.68 bits per heavy atom. The molecule has 0 atom stereocenters. The number of ether oxygens (including phenoxy) is 2. The lowest BCUT2D eigenvalue weighted by Gasteiger charge is -2.31. The van der Waals surface area contributed by atoms with Crippen LogP contribution in [-0.2, 0) is 9.53 Å². The minimum absolute atomic E-state index is 0.00566. The van der Waals surface area contributed by atoms with Crippen molar-refractivity contribution in [1.29, 1.82) is 0 Å². The van der Waals surface area contributed by atoms with Gasteiger partial charge in [-0.1, -0.05) is 25.7 Å². The molecule has 0 saturated heterocycles. The van der Waals surface area contributed by atoms with Crippen molar-refractivity contribution in [3.63, 3.8) is 0 Å². The van der Waals surface area contributed by atoms with Gasteiger partial charge in [0.15, 0.2) is 6.61 Å². The zero-order chi connectivity index (χ0) is 19.9. The lowest BCUT2D eigenvalue weighted by atomic mass is 9.94. The van der Waals surface area contributed by atoms with E-state index < -0.39 is 0 Å². The van der Waals surface area contributed by atoms with Gasteiger partial charge in [-0.25, -0.2) is 4.79 Å². The third-order valence-electron chi connectivity index (χ3n) is 5.94. The van der Waals surface area contributed by atoms with Gasteiger partial charge in [-0.3, -0.25) is 4.79 Å². The predicted octanol–water partition coefficient (Wildman–Crippen LogP) is 3.93. The lowest BCUT2D eigenvalue weighted by Crippen LogP contribution is -2.40. The van der Waals surface area contributed by atoms with Gasteiger partial charge in [-0.2, -0.15) is 0 Å². The van der Waals surface area contributed by atoms with Crippen LogP contribution in [0.4, 0.5) is 5.69 Å². The van der Waals surface area contributed by atoms with Crippen molar-refractivity contribution in [1.82, 2.24) is 4.90 Å². The molecule has 0 bridgehead atoms. The Morgan fingerprint density at radius 1 is 1.04 bits per heavy atom. The number of benzene rings is 1. The summed E-state index contributed by atoms with van der Waals surface area (Å²) in [6.07, 6.45) is 10.9. The molecule has 2 aliphatic carbocycles. The van der Waals surface area contributed by atoms with E-state index in [4.69, 9.17) is 15.2 Å². The third kappa shape index (κ3) is 5.40. The summed E-state index contributed by atoms with van der Waals surface area (Å²) in [6, 6.07) is 5.14. The third-order valence-corrected chi connectivity index (χ3v) is 5.94. The van der Waals surface area contributed by atoms with E-state index in [0.717, 1.165) is 38.5 Å². The Labute approximate surface area is 167 Å². The first kappa shape index (κ1) is 20.5. The van der Waals surface area contributed by atoms with E-state index in [-0.39, 0.29) is 24.6 Å². The van der Waals surface area contributed by atoms with Crippen molar-refractivity contribution in [2.45, 2.75) is 76.4 Å². The van der Waals surface area contributed by atoms with Crippen LogP contribution in [0.1, 0.15) is 74.6 Å². The minimum atomic E-state index is -0.359. The molecule has 2 N–H and O–H groups in total. The monoisotopic (exact) mass is 388 g/mol. The van der Waals surface area contributed by atoms with E-state index in [9.17, 15) is 9.59 Å². The number of rotatable bonds is 6. The van der Waals surface area contributed by atoms with E-state index in [1.807, 2.05) is 7.05 Å². The van der Waals surface area contributed by atoms with Crippen molar-refractivity contribution in [2.75, 3.05) is 19.4 Å². The van der Waals surface area contributed by atoms with E-state index in [1.54, 1.807) is 23.1 Å². The Balaban J connectivity index is 1.56. The summed E-state index contributed by atoms with van der Waals surface area (Å²) < 4.78 is 11.3. The number of hydrogen-bond donors (Lipinski definition) is 1. The summed E-state index contributed by atoms with van der Waals surface area (Å²) in [5.74, 6) is -0.0765. The van der Waals surface area contributed by atoms with Gasteiger partial charge in [-0.15, -0.1) is 0 Å². The number of amides is 1. The molecule has 1 aromatic carbocycles. The van der Waals surface area contributed by atoms with Gasteiger partial charge in [0.1, 0.15) is 11.9 Å². The van der Waals surface area contributed by atoms with Crippen LogP contribution in [-0.4, -0.2) is 42.6 Å². The van der Waals surface area contributed by atoms with Crippen molar-refractivity contribution in [2.24, 2.45) is 0 Å². The highest BCUT2D eigenvalue weighted by atomic mass is 16.5. The van der Waals surface area contributed by atoms with E-state index in [2.05, 4.69) is 0 Å². The number of nitrogens with two attached hydrogens (primary N) is 1. The molecule has 2 saturated carbocycles. The average molecular weight is 389 g/mol. The predicted molar refractivity (Wildman–Crippen MR) is 108 cm³/mol. The Bertz CT molecular complexity index is 679. The first-order valence-electron chi connectivity index (χ1n) is 10.5. The Hall–Kier alpha value is -2.24. The highest BCUT2D eigenvalue weighted by molar-refractivity contribution is 5.91. The number of hydrogen-bond acceptors (Lipinski definition) is 5. The summed E-state index contributed by atoms with van der Waals surface area (Å²) in [5.41, 5.74) is 6.79. The van der Waals surface area contributed by atoms with Crippen LogP contribution in [0.25, 0.3) is 0 Å². The fourth-order valence-electron chi connectivity index (χ4n) is 4.10. The van der Waals surface area contributed by atoms with E-state index in [0.29, 0.717) is 23.0 Å². The largest absolute Gasteiger partial charge is 0.482 e. The molecule has 0 unspecified atom stereocenters. The number of carbonyl (C=O) groups excluding carboxylic acids is 2. The molecule has 6 heteroatoms. The van der Waals surface area contributed by atoms with Gasteiger partial charge in [0, 0.05) is 13.1 Å². The average Bonchev–Trinajstić information content (AvgIpc) is 2.73. The minimum Gasteiger partial charge on any atom is -0.482 e. The van der Waals surface area contributed by atoms with E-state index in [1.165, 1.54) is 25.7 Å². The number of esters is 1. The second-order valence-corrected chi connectivity index (χ2v) is 8.00. The van der Waals surface area contributed by atoms with Crippen LogP contribution in [0, 0.1) is 0 Å².